The largest absolute Gasteiger partial charge is 0.457 e. The number of nitrogens with one attached hydrogen (secondary N) is 1. The molecule has 12 heteroatoms. The molecule has 278 valence electrons. The van der Waals surface area contributed by atoms with Gasteiger partial charge >= 0.3 is 11.9 Å². The van der Waals surface area contributed by atoms with Crippen LogP contribution in [0.5, 0.6) is 0 Å². The van der Waals surface area contributed by atoms with Crippen molar-refractivity contribution in [3.63, 3.8) is 0 Å². The monoisotopic (exact) mass is 717 g/mol. The second-order valence-corrected chi connectivity index (χ2v) is 12.7. The second-order valence-electron chi connectivity index (χ2n) is 12.7. The number of hydrogen-bond donors (Lipinski definition) is 1. The highest BCUT2D eigenvalue weighted by Crippen LogP contribution is 2.35. The summed E-state index contributed by atoms with van der Waals surface area (Å²) in [5.74, 6) is -1.50. The van der Waals surface area contributed by atoms with Crippen LogP contribution in [-0.4, -0.2) is 85.8 Å². The lowest BCUT2D eigenvalue weighted by Crippen LogP contribution is -2.67. The van der Waals surface area contributed by atoms with E-state index in [4.69, 9.17) is 37.9 Å². The number of carbonyl (C=O) groups excluding carboxylic acids is 3. The van der Waals surface area contributed by atoms with Crippen molar-refractivity contribution in [2.24, 2.45) is 0 Å². The fraction of sp³-hybridized carbons (Fsp3) is 0.425. The van der Waals surface area contributed by atoms with E-state index in [-0.39, 0.29) is 25.7 Å². The highest BCUT2D eigenvalue weighted by molar-refractivity contribution is 5.89. The molecule has 5 rings (SSSR count). The molecular formula is C40H47NO11. The van der Waals surface area contributed by atoms with E-state index in [1.807, 2.05) is 60.7 Å². The van der Waals surface area contributed by atoms with E-state index in [2.05, 4.69) is 11.9 Å². The first-order valence-corrected chi connectivity index (χ1v) is 17.3. The van der Waals surface area contributed by atoms with Gasteiger partial charge in [-0.05, 0) is 37.1 Å². The quantitative estimate of drug-likeness (QED) is 0.170. The molecule has 0 aliphatic carbocycles. The Morgan fingerprint density at radius 3 is 1.81 bits per heavy atom. The highest BCUT2D eigenvalue weighted by Gasteiger charge is 2.54. The number of hydrogen-bond acceptors (Lipinski definition) is 11. The lowest BCUT2D eigenvalue weighted by molar-refractivity contribution is -0.362. The van der Waals surface area contributed by atoms with Crippen LogP contribution in [0.4, 0.5) is 0 Å². The first-order valence-electron chi connectivity index (χ1n) is 17.3. The average Bonchev–Trinajstić information content (AvgIpc) is 3.14. The zero-order chi connectivity index (χ0) is 37.0. The van der Waals surface area contributed by atoms with Gasteiger partial charge in [0.1, 0.15) is 18.3 Å². The van der Waals surface area contributed by atoms with Crippen molar-refractivity contribution in [1.82, 2.24) is 5.32 Å². The summed E-state index contributed by atoms with van der Waals surface area (Å²) in [5.41, 5.74) is 2.09. The number of esters is 2. The molecule has 0 radical (unpaired) electrons. The molecular weight excluding hydrogens is 670 g/mol. The smallest absolute Gasteiger partial charge is 0.338 e. The van der Waals surface area contributed by atoms with Crippen molar-refractivity contribution >= 4 is 17.8 Å². The lowest BCUT2D eigenvalue weighted by atomic mass is 9.95. The third kappa shape index (κ3) is 10.3. The van der Waals surface area contributed by atoms with Gasteiger partial charge < -0.3 is 43.2 Å². The summed E-state index contributed by atoms with van der Waals surface area (Å²) in [5, 5.41) is 2.91. The predicted molar refractivity (Wildman–Crippen MR) is 189 cm³/mol. The molecule has 1 amide bonds. The first-order chi connectivity index (χ1) is 25.1. The maximum Gasteiger partial charge on any atom is 0.338 e. The van der Waals surface area contributed by atoms with Crippen LogP contribution in [0.25, 0.3) is 0 Å². The number of amides is 1. The molecule has 12 nitrogen and oxygen atoms in total. The van der Waals surface area contributed by atoms with Crippen LogP contribution in [-0.2, 0) is 60.7 Å². The SMILES string of the molecule is C=CCO[C@@H]1[C@@H](OC(=O)c2ccccc2)[C@H](C)O[C@@H](OCc2ccccc2)[C@@H]1O[C@@H]1O[C@H](C)[C@H](OC(C)=O)[C@H](NC(C)=O)[C@H]1OCc1ccccc1. The van der Waals surface area contributed by atoms with Gasteiger partial charge in [0.2, 0.25) is 5.91 Å². The summed E-state index contributed by atoms with van der Waals surface area (Å²) in [6.07, 6.45) is -7.01. The minimum atomic E-state index is -1.19. The Morgan fingerprint density at radius 1 is 0.673 bits per heavy atom. The molecule has 2 saturated heterocycles. The van der Waals surface area contributed by atoms with Gasteiger partial charge in [-0.2, -0.15) is 0 Å². The third-order valence-corrected chi connectivity index (χ3v) is 8.68. The van der Waals surface area contributed by atoms with Crippen LogP contribution in [0.3, 0.4) is 0 Å². The topological polar surface area (TPSA) is 137 Å². The van der Waals surface area contributed by atoms with Gasteiger partial charge in [-0.1, -0.05) is 84.9 Å². The molecule has 52 heavy (non-hydrogen) atoms. The molecule has 2 aliphatic rings. The number of benzene rings is 3. The van der Waals surface area contributed by atoms with E-state index in [0.29, 0.717) is 5.56 Å². The zero-order valence-corrected chi connectivity index (χ0v) is 29.8. The maximum atomic E-state index is 13.4. The molecule has 1 N–H and O–H groups in total. The molecule has 10 atom stereocenters. The summed E-state index contributed by atoms with van der Waals surface area (Å²) in [4.78, 5) is 38.2. The minimum absolute atomic E-state index is 0.0843. The standard InChI is InChI=1S/C40H47NO11/c1-6-22-45-36-34(51-38(44)31-20-14-9-15-21-31)26(3)48-39(47-24-30-18-12-8-13-19-30)37(36)52-40-35(46-23-29-16-10-7-11-17-29)32(41-27(4)42)33(25(2)49-40)50-28(5)43/h6-21,25-26,32-37,39-40H,1,22-24H2,2-5H3,(H,41,42)/t25-,26+,32+,33+,34+,35-,36-,37-,39-,40+/m1/s1. The Balaban J connectivity index is 1.51. The Labute approximate surface area is 304 Å². The summed E-state index contributed by atoms with van der Waals surface area (Å²) in [6.45, 7) is 10.3. The summed E-state index contributed by atoms with van der Waals surface area (Å²) in [6, 6.07) is 26.7. The molecule has 0 aromatic heterocycles. The number of rotatable bonds is 15. The zero-order valence-electron chi connectivity index (χ0n) is 29.8. The van der Waals surface area contributed by atoms with Crippen LogP contribution in [0, 0.1) is 0 Å². The Hall–Kier alpha value is -4.43. The van der Waals surface area contributed by atoms with Crippen LogP contribution >= 0.6 is 0 Å². The van der Waals surface area contributed by atoms with Crippen molar-refractivity contribution in [1.29, 1.82) is 0 Å². The normalized spacial score (nSPS) is 28.7. The average molecular weight is 718 g/mol. The van der Waals surface area contributed by atoms with Crippen molar-refractivity contribution in [2.45, 2.75) is 102 Å². The van der Waals surface area contributed by atoms with Gasteiger partial charge in [-0.25, -0.2) is 4.79 Å². The summed E-state index contributed by atoms with van der Waals surface area (Å²) < 4.78 is 50.6. The van der Waals surface area contributed by atoms with Gasteiger partial charge in [0.05, 0.1) is 43.6 Å². The van der Waals surface area contributed by atoms with E-state index in [9.17, 15) is 14.4 Å². The first kappa shape index (κ1) is 38.8. The molecule has 2 heterocycles. The third-order valence-electron chi connectivity index (χ3n) is 8.68. The van der Waals surface area contributed by atoms with Crippen molar-refractivity contribution in [3.8, 4) is 0 Å². The maximum absolute atomic E-state index is 13.4. The molecule has 3 aromatic rings. The molecule has 3 aromatic carbocycles. The Morgan fingerprint density at radius 2 is 1.23 bits per heavy atom. The lowest BCUT2D eigenvalue weighted by Gasteiger charge is -2.49. The van der Waals surface area contributed by atoms with E-state index in [0.717, 1.165) is 11.1 Å². The Kier molecular flexibility index (Phi) is 14.1. The molecule has 2 aliphatic heterocycles. The van der Waals surface area contributed by atoms with Gasteiger partial charge in [0.15, 0.2) is 24.8 Å². The second kappa shape index (κ2) is 18.9. The summed E-state index contributed by atoms with van der Waals surface area (Å²) in [7, 11) is 0. The molecule has 0 saturated carbocycles. The van der Waals surface area contributed by atoms with E-state index in [1.54, 1.807) is 50.3 Å². The van der Waals surface area contributed by atoms with E-state index >= 15 is 0 Å². The number of carbonyl (C=O) groups is 3. The van der Waals surface area contributed by atoms with Crippen molar-refractivity contribution in [2.75, 3.05) is 6.61 Å². The van der Waals surface area contributed by atoms with E-state index in [1.165, 1.54) is 13.8 Å². The highest BCUT2D eigenvalue weighted by atomic mass is 16.8. The molecule has 0 spiro atoms. The van der Waals surface area contributed by atoms with Gasteiger partial charge in [0.25, 0.3) is 0 Å². The molecule has 0 unspecified atom stereocenters. The van der Waals surface area contributed by atoms with E-state index < -0.39 is 73.3 Å². The van der Waals surface area contributed by atoms with Gasteiger partial charge in [0, 0.05) is 13.8 Å². The fourth-order valence-corrected chi connectivity index (χ4v) is 6.29. The minimum Gasteiger partial charge on any atom is -0.457 e. The number of ether oxygens (including phenoxy) is 8. The van der Waals surface area contributed by atoms with Gasteiger partial charge in [-0.15, -0.1) is 6.58 Å². The van der Waals surface area contributed by atoms with Crippen LogP contribution in [0.1, 0.15) is 49.2 Å². The molecule has 0 bridgehead atoms. The predicted octanol–water partition coefficient (Wildman–Crippen LogP) is 4.90. The van der Waals surface area contributed by atoms with Crippen molar-refractivity contribution < 1.29 is 52.3 Å². The summed E-state index contributed by atoms with van der Waals surface area (Å²) >= 11 is 0. The van der Waals surface area contributed by atoms with Crippen LogP contribution in [0.15, 0.2) is 104 Å². The molecule has 2 fully saturated rings. The van der Waals surface area contributed by atoms with Crippen LogP contribution < -0.4 is 5.32 Å². The fourth-order valence-electron chi connectivity index (χ4n) is 6.29. The van der Waals surface area contributed by atoms with Gasteiger partial charge in [-0.3, -0.25) is 9.59 Å². The van der Waals surface area contributed by atoms with Crippen LogP contribution in [0.2, 0.25) is 0 Å². The Bertz CT molecular complexity index is 1590. The van der Waals surface area contributed by atoms with Crippen molar-refractivity contribution in [3.05, 3.63) is 120 Å².